The fourth-order valence-electron chi connectivity index (χ4n) is 2.14. The van der Waals surface area contributed by atoms with E-state index < -0.39 is 11.9 Å². The third-order valence-electron chi connectivity index (χ3n) is 3.32. The van der Waals surface area contributed by atoms with Crippen molar-refractivity contribution in [3.63, 3.8) is 0 Å². The molecule has 0 radical (unpaired) electrons. The fourth-order valence-corrected chi connectivity index (χ4v) is 4.07. The number of para-hydroxylation sites is 1. The van der Waals surface area contributed by atoms with Gasteiger partial charge in [0.2, 0.25) is 5.91 Å². The zero-order chi connectivity index (χ0) is 17.1. The number of amides is 2. The van der Waals surface area contributed by atoms with Crippen LogP contribution < -0.4 is 11.1 Å². The Bertz CT molecular complexity index is 854. The van der Waals surface area contributed by atoms with Crippen LogP contribution in [0.3, 0.4) is 0 Å². The van der Waals surface area contributed by atoms with Crippen molar-refractivity contribution in [3.8, 4) is 9.88 Å². The molecule has 0 saturated heterocycles. The number of carbonyl (C=O) groups is 2. The van der Waals surface area contributed by atoms with Gasteiger partial charge in [-0.2, -0.15) is 0 Å². The first-order valence-electron chi connectivity index (χ1n) is 7.13. The van der Waals surface area contributed by atoms with Crippen LogP contribution in [-0.4, -0.2) is 36.6 Å². The number of nitrogens with one attached hydrogen (secondary N) is 1. The summed E-state index contributed by atoms with van der Waals surface area (Å²) >= 11 is 2.90. The zero-order valence-corrected chi connectivity index (χ0v) is 14.4. The number of benzene rings is 1. The van der Waals surface area contributed by atoms with Gasteiger partial charge in [-0.3, -0.25) is 9.59 Å². The molecule has 2 amide bonds. The first-order valence-corrected chi connectivity index (χ1v) is 8.76. The highest BCUT2D eigenvalue weighted by molar-refractivity contribution is 7.26. The van der Waals surface area contributed by atoms with Gasteiger partial charge in [-0.25, -0.2) is 4.98 Å². The van der Waals surface area contributed by atoms with Crippen LogP contribution in [0.4, 0.5) is 0 Å². The number of thiophene rings is 1. The first-order chi connectivity index (χ1) is 11.6. The van der Waals surface area contributed by atoms with Crippen LogP contribution in [-0.2, 0) is 9.53 Å². The molecule has 1 unspecified atom stereocenters. The molecule has 0 spiro atoms. The van der Waals surface area contributed by atoms with Gasteiger partial charge in [0.05, 0.1) is 26.6 Å². The van der Waals surface area contributed by atoms with Crippen LogP contribution in [0.15, 0.2) is 36.4 Å². The third-order valence-corrected chi connectivity index (χ3v) is 5.61. The lowest BCUT2D eigenvalue weighted by Gasteiger charge is -2.13. The van der Waals surface area contributed by atoms with Gasteiger partial charge in [-0.05, 0) is 24.3 Å². The first kappa shape index (κ1) is 16.6. The lowest BCUT2D eigenvalue weighted by atomic mass is 10.3. The van der Waals surface area contributed by atoms with Gasteiger partial charge in [0.15, 0.2) is 0 Å². The lowest BCUT2D eigenvalue weighted by molar-refractivity contribution is -0.121. The van der Waals surface area contributed by atoms with Crippen molar-refractivity contribution in [1.29, 1.82) is 0 Å². The quantitative estimate of drug-likeness (QED) is 0.704. The monoisotopic (exact) mass is 361 g/mol. The summed E-state index contributed by atoms with van der Waals surface area (Å²) in [5, 5.41) is 3.44. The molecule has 3 N–H and O–H groups in total. The average molecular weight is 361 g/mol. The summed E-state index contributed by atoms with van der Waals surface area (Å²) in [5.41, 5.74) is 6.19. The molecule has 0 fully saturated rings. The van der Waals surface area contributed by atoms with Crippen molar-refractivity contribution in [2.24, 2.45) is 5.73 Å². The van der Waals surface area contributed by atoms with E-state index in [1.807, 2.05) is 30.3 Å². The van der Waals surface area contributed by atoms with Crippen molar-refractivity contribution >= 4 is 44.7 Å². The molecule has 8 heteroatoms. The molecular weight excluding hydrogens is 346 g/mol. The van der Waals surface area contributed by atoms with Crippen molar-refractivity contribution in [2.75, 3.05) is 13.7 Å². The number of ether oxygens (including phenoxy) is 1. The number of primary amides is 1. The SMILES string of the molecule is COCC(NC(=O)c1ccc(-c2nc3ccccc3s2)s1)C(N)=O. The van der Waals surface area contributed by atoms with E-state index in [2.05, 4.69) is 10.3 Å². The number of hydrogen-bond acceptors (Lipinski definition) is 6. The van der Waals surface area contributed by atoms with Gasteiger partial charge in [0.25, 0.3) is 5.91 Å². The fraction of sp³-hybridized carbons (Fsp3) is 0.188. The van der Waals surface area contributed by atoms with E-state index in [0.29, 0.717) is 4.88 Å². The molecule has 1 atom stereocenters. The summed E-state index contributed by atoms with van der Waals surface area (Å²) in [5.74, 6) is -0.985. The number of fused-ring (bicyclic) bond motifs is 1. The van der Waals surface area contributed by atoms with Gasteiger partial charge in [-0.15, -0.1) is 22.7 Å². The number of carbonyl (C=O) groups excluding carboxylic acids is 2. The number of thiazole rings is 1. The Hall–Kier alpha value is -2.29. The molecule has 0 saturated carbocycles. The molecule has 6 nitrogen and oxygen atoms in total. The van der Waals surface area contributed by atoms with E-state index in [1.54, 1.807) is 17.4 Å². The third kappa shape index (κ3) is 3.45. The largest absolute Gasteiger partial charge is 0.382 e. The molecule has 24 heavy (non-hydrogen) atoms. The molecule has 0 aliphatic rings. The summed E-state index contributed by atoms with van der Waals surface area (Å²) in [6.07, 6.45) is 0. The molecule has 0 bridgehead atoms. The second-order valence-electron chi connectivity index (χ2n) is 5.03. The average Bonchev–Trinajstić information content (AvgIpc) is 3.20. The van der Waals surface area contributed by atoms with Crippen LogP contribution >= 0.6 is 22.7 Å². The van der Waals surface area contributed by atoms with Crippen molar-refractivity contribution < 1.29 is 14.3 Å². The van der Waals surface area contributed by atoms with Gasteiger partial charge in [-0.1, -0.05) is 12.1 Å². The molecule has 0 aliphatic carbocycles. The number of aromatic nitrogens is 1. The number of methoxy groups -OCH3 is 1. The molecule has 0 aliphatic heterocycles. The van der Waals surface area contributed by atoms with Crippen molar-refractivity contribution in [3.05, 3.63) is 41.3 Å². The standard InChI is InChI=1S/C16H15N3O3S2/c1-22-8-10(14(17)20)18-15(21)12-6-7-13(23-12)16-19-9-4-2-3-5-11(9)24-16/h2-7,10H,8H2,1H3,(H2,17,20)(H,18,21). The van der Waals surface area contributed by atoms with Crippen LogP contribution in [0.1, 0.15) is 9.67 Å². The van der Waals surface area contributed by atoms with E-state index in [-0.39, 0.29) is 12.5 Å². The van der Waals surface area contributed by atoms with E-state index in [4.69, 9.17) is 10.5 Å². The minimum absolute atomic E-state index is 0.0389. The molecule has 2 heterocycles. The highest BCUT2D eigenvalue weighted by atomic mass is 32.1. The molecule has 3 aromatic rings. The second kappa shape index (κ2) is 7.08. The molecule has 1 aromatic carbocycles. The maximum Gasteiger partial charge on any atom is 0.262 e. The van der Waals surface area contributed by atoms with Crippen LogP contribution in [0.2, 0.25) is 0 Å². The van der Waals surface area contributed by atoms with Crippen LogP contribution in [0.5, 0.6) is 0 Å². The van der Waals surface area contributed by atoms with E-state index in [0.717, 1.165) is 20.1 Å². The van der Waals surface area contributed by atoms with E-state index >= 15 is 0 Å². The van der Waals surface area contributed by atoms with E-state index in [1.165, 1.54) is 18.4 Å². The zero-order valence-electron chi connectivity index (χ0n) is 12.8. The predicted octanol–water partition coefficient (Wildman–Crippen LogP) is 2.25. The summed E-state index contributed by atoms with van der Waals surface area (Å²) < 4.78 is 5.99. The Morgan fingerprint density at radius 1 is 1.25 bits per heavy atom. The molecular formula is C16H15N3O3S2. The number of nitrogens with two attached hydrogens (primary N) is 1. The maximum absolute atomic E-state index is 12.3. The summed E-state index contributed by atoms with van der Waals surface area (Å²) in [4.78, 5) is 29.6. The van der Waals surface area contributed by atoms with Crippen LogP contribution in [0.25, 0.3) is 20.1 Å². The molecule has 2 aromatic heterocycles. The van der Waals surface area contributed by atoms with Crippen LogP contribution in [0, 0.1) is 0 Å². The summed E-state index contributed by atoms with van der Waals surface area (Å²) in [7, 11) is 1.44. The van der Waals surface area contributed by atoms with Crippen molar-refractivity contribution in [1.82, 2.24) is 10.3 Å². The normalized spacial score (nSPS) is 12.2. The Balaban J connectivity index is 1.79. The number of nitrogens with zero attached hydrogens (tertiary/aromatic N) is 1. The number of hydrogen-bond donors (Lipinski definition) is 2. The Labute approximate surface area is 146 Å². The molecule has 124 valence electrons. The highest BCUT2D eigenvalue weighted by Gasteiger charge is 2.20. The highest BCUT2D eigenvalue weighted by Crippen LogP contribution is 2.34. The predicted molar refractivity (Wildman–Crippen MR) is 95.3 cm³/mol. The van der Waals surface area contributed by atoms with Gasteiger partial charge < -0.3 is 15.8 Å². The Kier molecular flexibility index (Phi) is 4.89. The maximum atomic E-state index is 12.3. The second-order valence-corrected chi connectivity index (χ2v) is 7.15. The lowest BCUT2D eigenvalue weighted by Crippen LogP contribution is -2.47. The van der Waals surface area contributed by atoms with Gasteiger partial charge >= 0.3 is 0 Å². The minimum Gasteiger partial charge on any atom is -0.382 e. The van der Waals surface area contributed by atoms with Gasteiger partial charge in [0, 0.05) is 7.11 Å². The van der Waals surface area contributed by atoms with Crippen molar-refractivity contribution in [2.45, 2.75) is 6.04 Å². The minimum atomic E-state index is -0.851. The summed E-state index contributed by atoms with van der Waals surface area (Å²) in [6.45, 7) is 0.0389. The summed E-state index contributed by atoms with van der Waals surface area (Å²) in [6, 6.07) is 10.6. The van der Waals surface area contributed by atoms with Gasteiger partial charge in [0.1, 0.15) is 11.0 Å². The molecule has 3 rings (SSSR count). The number of rotatable bonds is 6. The Morgan fingerprint density at radius 3 is 2.75 bits per heavy atom. The van der Waals surface area contributed by atoms with E-state index in [9.17, 15) is 9.59 Å². The topological polar surface area (TPSA) is 94.3 Å². The smallest absolute Gasteiger partial charge is 0.262 e. The Morgan fingerprint density at radius 2 is 2.04 bits per heavy atom.